The molecule has 1 aromatic rings. The van der Waals surface area contributed by atoms with Gasteiger partial charge in [0.25, 0.3) is 0 Å². The summed E-state index contributed by atoms with van der Waals surface area (Å²) in [5.74, 6) is 0. The number of nitrogens with zero attached hydrogens (tertiary/aromatic N) is 1. The molecule has 2 rings (SSSR count). The first-order valence-corrected chi connectivity index (χ1v) is 6.65. The third kappa shape index (κ3) is 2.30. The quantitative estimate of drug-likeness (QED) is 0.872. The Morgan fingerprint density at radius 2 is 2.50 bits per heavy atom. The van der Waals surface area contributed by atoms with E-state index in [0.29, 0.717) is 18.6 Å². The van der Waals surface area contributed by atoms with Gasteiger partial charge in [0.2, 0.25) is 0 Å². The van der Waals surface area contributed by atoms with E-state index in [-0.39, 0.29) is 0 Å². The van der Waals surface area contributed by atoms with Crippen molar-refractivity contribution in [2.45, 2.75) is 25.4 Å². The van der Waals surface area contributed by atoms with E-state index in [4.69, 9.17) is 10.5 Å². The van der Waals surface area contributed by atoms with Gasteiger partial charge in [0.15, 0.2) is 0 Å². The summed E-state index contributed by atoms with van der Waals surface area (Å²) in [4.78, 5) is 3.78. The monoisotopic (exact) mass is 240 g/mol. The van der Waals surface area contributed by atoms with Crippen molar-refractivity contribution in [3.05, 3.63) is 21.9 Å². The van der Waals surface area contributed by atoms with Crippen LogP contribution in [0.5, 0.6) is 0 Å². The zero-order valence-corrected chi connectivity index (χ0v) is 10.8. The summed E-state index contributed by atoms with van der Waals surface area (Å²) in [5, 5.41) is 2.15. The molecule has 2 heterocycles. The normalized spacial score (nSPS) is 22.9. The van der Waals surface area contributed by atoms with Gasteiger partial charge in [0.05, 0.1) is 12.6 Å². The number of ether oxygens (including phenoxy) is 1. The molecule has 0 amide bonds. The van der Waals surface area contributed by atoms with Crippen molar-refractivity contribution in [1.29, 1.82) is 0 Å². The maximum absolute atomic E-state index is 5.93. The van der Waals surface area contributed by atoms with Gasteiger partial charge in [-0.25, -0.2) is 0 Å². The van der Waals surface area contributed by atoms with E-state index in [1.807, 2.05) is 0 Å². The predicted octanol–water partition coefficient (Wildman–Crippen LogP) is 1.78. The van der Waals surface area contributed by atoms with Crippen LogP contribution in [0.1, 0.15) is 22.9 Å². The van der Waals surface area contributed by atoms with Gasteiger partial charge in [-0.3, -0.25) is 4.90 Å². The van der Waals surface area contributed by atoms with Crippen molar-refractivity contribution in [3.8, 4) is 0 Å². The van der Waals surface area contributed by atoms with Crippen molar-refractivity contribution in [2.24, 2.45) is 5.73 Å². The van der Waals surface area contributed by atoms with E-state index < -0.39 is 0 Å². The van der Waals surface area contributed by atoms with Crippen molar-refractivity contribution < 1.29 is 4.74 Å². The molecule has 90 valence electrons. The molecular weight excluding hydrogens is 220 g/mol. The second-order valence-electron chi connectivity index (χ2n) is 4.40. The summed E-state index contributed by atoms with van der Waals surface area (Å²) in [7, 11) is 2.16. The van der Waals surface area contributed by atoms with Crippen LogP contribution in [-0.4, -0.2) is 37.7 Å². The molecule has 4 heteroatoms. The predicted molar refractivity (Wildman–Crippen MR) is 67.8 cm³/mol. The highest BCUT2D eigenvalue weighted by atomic mass is 32.1. The van der Waals surface area contributed by atoms with Crippen molar-refractivity contribution >= 4 is 11.3 Å². The lowest BCUT2D eigenvalue weighted by molar-refractivity contribution is 0.135. The van der Waals surface area contributed by atoms with Crippen molar-refractivity contribution in [3.63, 3.8) is 0 Å². The van der Waals surface area contributed by atoms with Gasteiger partial charge in [0, 0.05) is 24.1 Å². The van der Waals surface area contributed by atoms with Gasteiger partial charge >= 0.3 is 0 Å². The lowest BCUT2D eigenvalue weighted by Gasteiger charge is -2.31. The van der Waals surface area contributed by atoms with Crippen LogP contribution >= 0.6 is 11.3 Å². The second kappa shape index (κ2) is 5.27. The lowest BCUT2D eigenvalue weighted by Crippen LogP contribution is -2.38. The Morgan fingerprint density at radius 1 is 1.69 bits per heavy atom. The van der Waals surface area contributed by atoms with E-state index in [1.54, 1.807) is 11.3 Å². The number of hydrogen-bond donors (Lipinski definition) is 1. The minimum absolute atomic E-state index is 0.340. The van der Waals surface area contributed by atoms with Crippen LogP contribution in [-0.2, 0) is 4.74 Å². The highest BCUT2D eigenvalue weighted by molar-refractivity contribution is 7.10. The molecule has 1 aliphatic rings. The zero-order valence-electron chi connectivity index (χ0n) is 9.98. The number of nitrogens with two attached hydrogens (primary N) is 1. The summed E-state index contributed by atoms with van der Waals surface area (Å²) in [6, 6.07) is 3.03. The fourth-order valence-corrected chi connectivity index (χ4v) is 3.37. The number of likely N-dealkylation sites (N-methyl/N-ethyl adjacent to an activating group) is 1. The first-order chi connectivity index (χ1) is 7.74. The molecule has 2 N–H and O–H groups in total. The maximum Gasteiger partial charge on any atom is 0.0622 e. The standard InChI is InChI=1S/C12H20N2OS/c1-9-4-6-16-12(9)11(7-13)14(2)10-3-5-15-8-10/h4,6,10-11H,3,5,7-8,13H2,1-2H3. The Kier molecular flexibility index (Phi) is 3.97. The molecule has 3 nitrogen and oxygen atoms in total. The summed E-state index contributed by atoms with van der Waals surface area (Å²) in [5.41, 5.74) is 7.28. The SMILES string of the molecule is Cc1ccsc1C(CN)N(C)C1CCOC1. The Bertz CT molecular complexity index is 334. The lowest BCUT2D eigenvalue weighted by atomic mass is 10.1. The molecule has 0 bridgehead atoms. The average Bonchev–Trinajstić information content (AvgIpc) is 2.91. The third-order valence-electron chi connectivity index (χ3n) is 3.40. The minimum Gasteiger partial charge on any atom is -0.380 e. The molecule has 1 fully saturated rings. The highest BCUT2D eigenvalue weighted by Gasteiger charge is 2.27. The first kappa shape index (κ1) is 12.0. The number of thiophene rings is 1. The molecule has 0 spiro atoms. The third-order valence-corrected chi connectivity index (χ3v) is 4.52. The Hall–Kier alpha value is -0.420. The molecule has 2 unspecified atom stereocenters. The van der Waals surface area contributed by atoms with Gasteiger partial charge in [-0.1, -0.05) is 0 Å². The van der Waals surface area contributed by atoms with Crippen LogP contribution in [0.2, 0.25) is 0 Å². The van der Waals surface area contributed by atoms with Crippen molar-refractivity contribution in [2.75, 3.05) is 26.8 Å². The summed E-state index contributed by atoms with van der Waals surface area (Å²) in [6.45, 7) is 4.56. The fraction of sp³-hybridized carbons (Fsp3) is 0.667. The van der Waals surface area contributed by atoms with Crippen molar-refractivity contribution in [1.82, 2.24) is 4.90 Å². The van der Waals surface area contributed by atoms with Crippen LogP contribution < -0.4 is 5.73 Å². The van der Waals surface area contributed by atoms with Crippen LogP contribution in [0.15, 0.2) is 11.4 Å². The van der Waals surface area contributed by atoms with Crippen LogP contribution in [0.3, 0.4) is 0 Å². The largest absolute Gasteiger partial charge is 0.380 e. The van der Waals surface area contributed by atoms with Gasteiger partial charge in [-0.05, 0) is 37.4 Å². The molecule has 0 aromatic carbocycles. The van der Waals surface area contributed by atoms with E-state index in [1.165, 1.54) is 10.4 Å². The van der Waals surface area contributed by atoms with Gasteiger partial charge in [-0.2, -0.15) is 0 Å². The minimum atomic E-state index is 0.340. The first-order valence-electron chi connectivity index (χ1n) is 5.77. The van der Waals surface area contributed by atoms with E-state index in [9.17, 15) is 0 Å². The number of aryl methyl sites for hydroxylation is 1. The van der Waals surface area contributed by atoms with Gasteiger partial charge < -0.3 is 10.5 Å². The van der Waals surface area contributed by atoms with E-state index in [2.05, 4.69) is 30.3 Å². The van der Waals surface area contributed by atoms with Crippen LogP contribution in [0.4, 0.5) is 0 Å². The topological polar surface area (TPSA) is 38.5 Å². The molecule has 0 radical (unpaired) electrons. The van der Waals surface area contributed by atoms with Gasteiger partial charge in [-0.15, -0.1) is 11.3 Å². The molecule has 2 atom stereocenters. The molecule has 0 aliphatic carbocycles. The van der Waals surface area contributed by atoms with E-state index >= 15 is 0 Å². The Balaban J connectivity index is 2.12. The van der Waals surface area contributed by atoms with Crippen LogP contribution in [0, 0.1) is 6.92 Å². The average molecular weight is 240 g/mol. The highest BCUT2D eigenvalue weighted by Crippen LogP contribution is 2.29. The number of hydrogen-bond acceptors (Lipinski definition) is 4. The zero-order chi connectivity index (χ0) is 11.5. The maximum atomic E-state index is 5.93. The Labute approximate surface area is 101 Å². The smallest absolute Gasteiger partial charge is 0.0622 e. The van der Waals surface area contributed by atoms with Crippen LogP contribution in [0.25, 0.3) is 0 Å². The summed E-state index contributed by atoms with van der Waals surface area (Å²) < 4.78 is 5.44. The second-order valence-corrected chi connectivity index (χ2v) is 5.35. The molecular formula is C12H20N2OS. The molecule has 1 saturated heterocycles. The molecule has 0 saturated carbocycles. The Morgan fingerprint density at radius 3 is 3.00 bits per heavy atom. The molecule has 1 aromatic heterocycles. The molecule has 16 heavy (non-hydrogen) atoms. The molecule has 1 aliphatic heterocycles. The fourth-order valence-electron chi connectivity index (χ4n) is 2.28. The number of rotatable bonds is 4. The van der Waals surface area contributed by atoms with E-state index in [0.717, 1.165) is 19.6 Å². The van der Waals surface area contributed by atoms with Gasteiger partial charge in [0.1, 0.15) is 0 Å². The summed E-state index contributed by atoms with van der Waals surface area (Å²) >= 11 is 1.81. The summed E-state index contributed by atoms with van der Waals surface area (Å²) in [6.07, 6.45) is 1.12.